The molecule has 0 atom stereocenters. The van der Waals surface area contributed by atoms with E-state index in [-0.39, 0.29) is 16.5 Å². The quantitative estimate of drug-likeness (QED) is 0.354. The first-order valence-electron chi connectivity index (χ1n) is 8.49. The van der Waals surface area contributed by atoms with Gasteiger partial charge >= 0.3 is 0 Å². The van der Waals surface area contributed by atoms with Crippen molar-refractivity contribution >= 4 is 38.9 Å². The second kappa shape index (κ2) is 8.55. The van der Waals surface area contributed by atoms with Crippen LogP contribution in [-0.4, -0.2) is 20.0 Å². The van der Waals surface area contributed by atoms with Gasteiger partial charge in [-0.05, 0) is 67.6 Å². The maximum absolute atomic E-state index is 13.3. The smallest absolute Gasteiger partial charge is 0.284 e. The van der Waals surface area contributed by atoms with Crippen molar-refractivity contribution in [3.8, 4) is 0 Å². The van der Waals surface area contributed by atoms with E-state index < -0.39 is 15.8 Å². The number of nitrogens with zero attached hydrogens (tertiary/aromatic N) is 1. The van der Waals surface area contributed by atoms with Crippen molar-refractivity contribution in [1.29, 1.82) is 0 Å². The zero-order chi connectivity index (χ0) is 21.0. The van der Waals surface area contributed by atoms with Crippen molar-refractivity contribution < 1.29 is 17.6 Å². The molecule has 3 aromatic rings. The number of halogens is 2. The Morgan fingerprint density at radius 1 is 0.966 bits per heavy atom. The normalized spacial score (nSPS) is 11.9. The minimum atomic E-state index is -4.07. The second-order valence-electron chi connectivity index (χ2n) is 6.14. The molecule has 0 amide bonds. The molecule has 0 aliphatic rings. The van der Waals surface area contributed by atoms with Crippen LogP contribution < -0.4 is 5.32 Å². The van der Waals surface area contributed by atoms with Gasteiger partial charge in [0.2, 0.25) is 0 Å². The van der Waals surface area contributed by atoms with Gasteiger partial charge in [-0.25, -0.2) is 4.39 Å². The molecule has 0 heterocycles. The Morgan fingerprint density at radius 2 is 1.62 bits per heavy atom. The fourth-order valence-electron chi connectivity index (χ4n) is 2.49. The summed E-state index contributed by atoms with van der Waals surface area (Å²) < 4.78 is 42.8. The maximum Gasteiger partial charge on any atom is 0.284 e. The zero-order valence-corrected chi connectivity index (χ0v) is 16.8. The van der Waals surface area contributed by atoms with Gasteiger partial charge in [0, 0.05) is 21.8 Å². The van der Waals surface area contributed by atoms with E-state index in [1.807, 2.05) is 0 Å². The molecule has 0 fully saturated rings. The number of hydrogen-bond donors (Lipinski definition) is 1. The molecule has 0 aromatic heterocycles. The van der Waals surface area contributed by atoms with E-state index >= 15 is 0 Å². The third-order valence-electron chi connectivity index (χ3n) is 3.97. The minimum absolute atomic E-state index is 0.0133. The number of ketones is 1. The molecule has 29 heavy (non-hydrogen) atoms. The van der Waals surface area contributed by atoms with E-state index in [1.54, 1.807) is 24.3 Å². The van der Waals surface area contributed by atoms with Gasteiger partial charge < -0.3 is 5.32 Å². The summed E-state index contributed by atoms with van der Waals surface area (Å²) in [4.78, 5) is 11.6. The lowest BCUT2D eigenvalue weighted by Gasteiger charge is -2.11. The van der Waals surface area contributed by atoms with Gasteiger partial charge in [-0.3, -0.25) is 4.79 Å². The van der Waals surface area contributed by atoms with Crippen LogP contribution >= 0.6 is 11.6 Å². The zero-order valence-electron chi connectivity index (χ0n) is 15.3. The van der Waals surface area contributed by atoms with Crippen molar-refractivity contribution in [2.24, 2.45) is 4.40 Å². The Morgan fingerprint density at radius 3 is 2.24 bits per heavy atom. The Hall–Kier alpha value is -3.03. The van der Waals surface area contributed by atoms with Crippen LogP contribution in [0.1, 0.15) is 22.8 Å². The summed E-state index contributed by atoms with van der Waals surface area (Å²) in [6.07, 6.45) is 0. The molecule has 1 N–H and O–H groups in total. The second-order valence-corrected chi connectivity index (χ2v) is 8.18. The Kier molecular flexibility index (Phi) is 6.10. The van der Waals surface area contributed by atoms with E-state index in [9.17, 15) is 17.6 Å². The van der Waals surface area contributed by atoms with Crippen LogP contribution in [0.2, 0.25) is 5.02 Å². The van der Waals surface area contributed by atoms with Crippen molar-refractivity contribution in [2.45, 2.75) is 11.8 Å². The summed E-state index contributed by atoms with van der Waals surface area (Å²) in [5.41, 5.74) is 1.28. The molecule has 0 aliphatic heterocycles. The van der Waals surface area contributed by atoms with Gasteiger partial charge in [-0.15, -0.1) is 4.40 Å². The lowest BCUT2D eigenvalue weighted by atomic mass is 10.1. The predicted molar refractivity (Wildman–Crippen MR) is 112 cm³/mol. The highest BCUT2D eigenvalue weighted by atomic mass is 35.5. The van der Waals surface area contributed by atoms with Crippen molar-refractivity contribution in [3.05, 3.63) is 94.8 Å². The monoisotopic (exact) mass is 430 g/mol. The van der Waals surface area contributed by atoms with Crippen molar-refractivity contribution in [2.75, 3.05) is 5.32 Å². The number of sulfonamides is 1. The van der Waals surface area contributed by atoms with Gasteiger partial charge in [-0.2, -0.15) is 8.42 Å². The third kappa shape index (κ3) is 5.28. The van der Waals surface area contributed by atoms with E-state index in [2.05, 4.69) is 9.71 Å². The molecule has 0 bridgehead atoms. The van der Waals surface area contributed by atoms with E-state index in [1.165, 1.54) is 55.5 Å². The van der Waals surface area contributed by atoms with Gasteiger partial charge in [0.05, 0.1) is 4.90 Å². The molecule has 5 nitrogen and oxygen atoms in total. The van der Waals surface area contributed by atoms with Gasteiger partial charge in [0.25, 0.3) is 10.0 Å². The lowest BCUT2D eigenvalue weighted by molar-refractivity contribution is 0.101. The van der Waals surface area contributed by atoms with Crippen LogP contribution in [0.4, 0.5) is 10.1 Å². The molecular weight excluding hydrogens is 415 g/mol. The number of anilines is 1. The minimum Gasteiger partial charge on any atom is -0.339 e. The SMILES string of the molecule is CC(=O)c1cccc(N/C(=N\S(=O)(=O)c2ccc(Cl)cc2)c2ccc(F)cc2)c1. The van der Waals surface area contributed by atoms with Gasteiger partial charge in [0.1, 0.15) is 5.82 Å². The number of benzene rings is 3. The summed E-state index contributed by atoms with van der Waals surface area (Å²) in [5.74, 6) is -0.615. The average molecular weight is 431 g/mol. The number of Topliss-reactive ketones (excluding diaryl/α,β-unsaturated/α-hetero) is 1. The fourth-order valence-corrected chi connectivity index (χ4v) is 3.59. The molecule has 3 aromatic carbocycles. The van der Waals surface area contributed by atoms with Crippen molar-refractivity contribution in [3.63, 3.8) is 0 Å². The predicted octanol–water partition coefficient (Wildman–Crippen LogP) is 4.93. The third-order valence-corrected chi connectivity index (χ3v) is 5.52. The molecule has 148 valence electrons. The molecule has 8 heteroatoms. The molecule has 0 radical (unpaired) electrons. The van der Waals surface area contributed by atoms with E-state index in [0.717, 1.165) is 0 Å². The van der Waals surface area contributed by atoms with Gasteiger partial charge in [-0.1, -0.05) is 23.7 Å². The Labute approximate surface area is 172 Å². The molecule has 0 spiro atoms. The molecule has 3 rings (SSSR count). The number of hydrogen-bond acceptors (Lipinski definition) is 3. The highest BCUT2D eigenvalue weighted by Crippen LogP contribution is 2.19. The van der Waals surface area contributed by atoms with Crippen LogP contribution in [0.25, 0.3) is 0 Å². The molecular formula is C21H16ClFN2O3S. The maximum atomic E-state index is 13.3. The highest BCUT2D eigenvalue weighted by Gasteiger charge is 2.16. The summed E-state index contributed by atoms with van der Waals surface area (Å²) in [6.45, 7) is 1.43. The number of nitrogens with one attached hydrogen (secondary N) is 1. The average Bonchev–Trinajstić information content (AvgIpc) is 2.68. The first-order chi connectivity index (χ1) is 13.7. The van der Waals surface area contributed by atoms with Crippen molar-refractivity contribution in [1.82, 2.24) is 0 Å². The largest absolute Gasteiger partial charge is 0.339 e. The van der Waals surface area contributed by atoms with Crippen LogP contribution in [0, 0.1) is 5.82 Å². The summed E-state index contributed by atoms with van der Waals surface area (Å²) in [5, 5.41) is 3.31. The Bertz CT molecular complexity index is 1180. The highest BCUT2D eigenvalue weighted by molar-refractivity contribution is 7.90. The number of amidine groups is 1. The van der Waals surface area contributed by atoms with E-state index in [0.29, 0.717) is 21.8 Å². The van der Waals surface area contributed by atoms with Gasteiger partial charge in [0.15, 0.2) is 11.6 Å². The number of carbonyl (C=O) groups excluding carboxylic acids is 1. The van der Waals surface area contributed by atoms with Crippen LogP contribution in [0.15, 0.2) is 82.1 Å². The number of carbonyl (C=O) groups is 1. The fraction of sp³-hybridized carbons (Fsp3) is 0.0476. The van der Waals surface area contributed by atoms with Crippen LogP contribution in [0.3, 0.4) is 0 Å². The first-order valence-corrected chi connectivity index (χ1v) is 10.3. The summed E-state index contributed by atoms with van der Waals surface area (Å²) >= 11 is 5.82. The standard InChI is InChI=1S/C21H16ClFN2O3S/c1-14(26)16-3-2-4-19(13-16)24-21(15-5-9-18(23)10-6-15)25-29(27,28)20-11-7-17(22)8-12-20/h2-13H,1H3,(H,24,25). The summed E-state index contributed by atoms with van der Waals surface area (Å²) in [6, 6.07) is 17.4. The molecule has 0 saturated carbocycles. The molecule has 0 saturated heterocycles. The molecule has 0 unspecified atom stereocenters. The topological polar surface area (TPSA) is 75.6 Å². The van der Waals surface area contributed by atoms with Crippen LogP contribution in [0.5, 0.6) is 0 Å². The van der Waals surface area contributed by atoms with E-state index in [4.69, 9.17) is 11.6 Å². The lowest BCUT2D eigenvalue weighted by Crippen LogP contribution is -2.16. The molecule has 0 aliphatic carbocycles. The van der Waals surface area contributed by atoms with Crippen LogP contribution in [-0.2, 0) is 10.0 Å². The number of rotatable bonds is 5. The summed E-state index contributed by atoms with van der Waals surface area (Å²) in [7, 11) is -4.07. The Balaban J connectivity index is 2.06. The first kappa shape index (κ1) is 20.7.